The minimum atomic E-state index is -0.493. The second kappa shape index (κ2) is 11.9. The summed E-state index contributed by atoms with van der Waals surface area (Å²) in [5.74, 6) is -0.882. The van der Waals surface area contributed by atoms with Gasteiger partial charge in [0, 0.05) is 69.9 Å². The first kappa shape index (κ1) is 27.6. The van der Waals surface area contributed by atoms with Crippen molar-refractivity contribution < 1.29 is 18.8 Å². The van der Waals surface area contributed by atoms with E-state index in [4.69, 9.17) is 0 Å². The molecule has 9 heteroatoms. The molecule has 0 spiro atoms. The van der Waals surface area contributed by atoms with Gasteiger partial charge in [0.2, 0.25) is 5.91 Å². The Labute approximate surface area is 224 Å². The van der Waals surface area contributed by atoms with Gasteiger partial charge in [-0.05, 0) is 48.2 Å². The topological polar surface area (TPSA) is 85.0 Å². The van der Waals surface area contributed by atoms with Crippen LogP contribution in [0.3, 0.4) is 0 Å². The third-order valence-corrected chi connectivity index (χ3v) is 6.85. The van der Waals surface area contributed by atoms with Gasteiger partial charge in [-0.3, -0.25) is 14.4 Å². The SMILES string of the molecule is CC(C)(C)CC(=O)N1CCCN(c2ccc(C(=O)N3CCNCC3)cc2NC(=O)c2cccc(F)c2)CC1. The molecule has 0 bridgehead atoms. The molecule has 2 heterocycles. The summed E-state index contributed by atoms with van der Waals surface area (Å²) in [7, 11) is 0. The zero-order chi connectivity index (χ0) is 27.3. The van der Waals surface area contributed by atoms with Gasteiger partial charge < -0.3 is 25.3 Å². The van der Waals surface area contributed by atoms with Crippen molar-refractivity contribution in [2.24, 2.45) is 5.41 Å². The van der Waals surface area contributed by atoms with Crippen LogP contribution in [-0.4, -0.2) is 79.9 Å². The van der Waals surface area contributed by atoms with Crippen molar-refractivity contribution in [3.63, 3.8) is 0 Å². The number of anilines is 2. The van der Waals surface area contributed by atoms with Crippen LogP contribution in [0.5, 0.6) is 0 Å². The number of hydrogen-bond acceptors (Lipinski definition) is 5. The molecule has 204 valence electrons. The highest BCUT2D eigenvalue weighted by atomic mass is 19.1. The van der Waals surface area contributed by atoms with Crippen LogP contribution in [0.25, 0.3) is 0 Å². The average Bonchev–Trinajstić information content (AvgIpc) is 3.14. The second-order valence-corrected chi connectivity index (χ2v) is 11.2. The Bertz CT molecular complexity index is 1170. The number of nitrogens with one attached hydrogen (secondary N) is 2. The van der Waals surface area contributed by atoms with Crippen molar-refractivity contribution in [1.29, 1.82) is 0 Å². The molecule has 8 nitrogen and oxygen atoms in total. The van der Waals surface area contributed by atoms with Crippen LogP contribution in [-0.2, 0) is 4.79 Å². The molecule has 2 aliphatic rings. The van der Waals surface area contributed by atoms with E-state index in [1.165, 1.54) is 18.2 Å². The monoisotopic (exact) mass is 523 g/mol. The Morgan fingerprint density at radius 2 is 1.66 bits per heavy atom. The maximum atomic E-state index is 13.8. The predicted molar refractivity (Wildman–Crippen MR) is 147 cm³/mol. The largest absolute Gasteiger partial charge is 0.368 e. The number of benzene rings is 2. The third kappa shape index (κ3) is 7.10. The van der Waals surface area contributed by atoms with Gasteiger partial charge in [-0.1, -0.05) is 26.8 Å². The van der Waals surface area contributed by atoms with Gasteiger partial charge in [0.05, 0.1) is 11.4 Å². The quantitative estimate of drug-likeness (QED) is 0.626. The molecule has 4 rings (SSSR count). The summed E-state index contributed by atoms with van der Waals surface area (Å²) in [6.45, 7) is 11.5. The van der Waals surface area contributed by atoms with Crippen LogP contribution in [0.1, 0.15) is 54.3 Å². The van der Waals surface area contributed by atoms with Gasteiger partial charge in [0.15, 0.2) is 0 Å². The highest BCUT2D eigenvalue weighted by Crippen LogP contribution is 2.30. The van der Waals surface area contributed by atoms with Crippen LogP contribution in [0.2, 0.25) is 0 Å². The fraction of sp³-hybridized carbons (Fsp3) is 0.483. The average molecular weight is 524 g/mol. The van der Waals surface area contributed by atoms with E-state index in [1.54, 1.807) is 23.1 Å². The number of amides is 3. The molecular formula is C29H38FN5O3. The van der Waals surface area contributed by atoms with Crippen LogP contribution in [0.4, 0.5) is 15.8 Å². The first-order chi connectivity index (χ1) is 18.1. The van der Waals surface area contributed by atoms with Gasteiger partial charge in [0.25, 0.3) is 11.8 Å². The van der Waals surface area contributed by atoms with Crippen molar-refractivity contribution in [3.05, 3.63) is 59.4 Å². The first-order valence-corrected chi connectivity index (χ1v) is 13.3. The maximum Gasteiger partial charge on any atom is 0.255 e. The van der Waals surface area contributed by atoms with E-state index in [2.05, 4.69) is 36.3 Å². The van der Waals surface area contributed by atoms with Crippen molar-refractivity contribution in [2.45, 2.75) is 33.6 Å². The molecule has 0 atom stereocenters. The molecule has 3 amide bonds. The van der Waals surface area contributed by atoms with E-state index in [1.807, 2.05) is 11.0 Å². The summed E-state index contributed by atoms with van der Waals surface area (Å²) >= 11 is 0. The molecule has 0 aromatic heterocycles. The summed E-state index contributed by atoms with van der Waals surface area (Å²) < 4.78 is 13.8. The Morgan fingerprint density at radius 1 is 0.895 bits per heavy atom. The van der Waals surface area contributed by atoms with E-state index >= 15 is 0 Å². The summed E-state index contributed by atoms with van der Waals surface area (Å²) in [6.07, 6.45) is 1.28. The van der Waals surface area contributed by atoms with Crippen molar-refractivity contribution >= 4 is 29.1 Å². The molecule has 0 saturated carbocycles. The summed E-state index contributed by atoms with van der Waals surface area (Å²) in [5, 5.41) is 6.17. The minimum absolute atomic E-state index is 0.0791. The summed E-state index contributed by atoms with van der Waals surface area (Å²) in [5.41, 5.74) is 1.88. The lowest BCUT2D eigenvalue weighted by molar-refractivity contribution is -0.132. The fourth-order valence-corrected chi connectivity index (χ4v) is 4.89. The van der Waals surface area contributed by atoms with Gasteiger partial charge in [0.1, 0.15) is 5.82 Å². The molecule has 2 N–H and O–H groups in total. The maximum absolute atomic E-state index is 13.8. The molecule has 0 unspecified atom stereocenters. The smallest absolute Gasteiger partial charge is 0.255 e. The number of nitrogens with zero attached hydrogens (tertiary/aromatic N) is 3. The molecule has 38 heavy (non-hydrogen) atoms. The fourth-order valence-electron chi connectivity index (χ4n) is 4.89. The Balaban J connectivity index is 1.58. The lowest BCUT2D eigenvalue weighted by Gasteiger charge is -2.29. The number of piperazine rings is 1. The van der Waals surface area contributed by atoms with E-state index in [-0.39, 0.29) is 22.8 Å². The van der Waals surface area contributed by atoms with E-state index in [9.17, 15) is 18.8 Å². The van der Waals surface area contributed by atoms with Gasteiger partial charge >= 0.3 is 0 Å². The Hall–Kier alpha value is -3.46. The third-order valence-electron chi connectivity index (χ3n) is 6.85. The second-order valence-electron chi connectivity index (χ2n) is 11.2. The highest BCUT2D eigenvalue weighted by Gasteiger charge is 2.26. The van der Waals surface area contributed by atoms with Crippen molar-refractivity contribution in [1.82, 2.24) is 15.1 Å². The lowest BCUT2D eigenvalue weighted by Crippen LogP contribution is -2.46. The summed E-state index contributed by atoms with van der Waals surface area (Å²) in [4.78, 5) is 45.0. The predicted octanol–water partition coefficient (Wildman–Crippen LogP) is 3.60. The molecular weight excluding hydrogens is 485 g/mol. The van der Waals surface area contributed by atoms with E-state index in [0.29, 0.717) is 56.9 Å². The first-order valence-electron chi connectivity index (χ1n) is 13.3. The van der Waals surface area contributed by atoms with Crippen molar-refractivity contribution in [3.8, 4) is 0 Å². The van der Waals surface area contributed by atoms with Crippen molar-refractivity contribution in [2.75, 3.05) is 62.6 Å². The van der Waals surface area contributed by atoms with Gasteiger partial charge in [-0.2, -0.15) is 0 Å². The number of hydrogen-bond donors (Lipinski definition) is 2. The molecule has 2 saturated heterocycles. The van der Waals surface area contributed by atoms with E-state index < -0.39 is 11.7 Å². The molecule has 2 aromatic rings. The summed E-state index contributed by atoms with van der Waals surface area (Å²) in [6, 6.07) is 10.9. The van der Waals surface area contributed by atoms with Gasteiger partial charge in [-0.25, -0.2) is 4.39 Å². The van der Waals surface area contributed by atoms with Crippen LogP contribution in [0, 0.1) is 11.2 Å². The zero-order valence-corrected chi connectivity index (χ0v) is 22.6. The Morgan fingerprint density at radius 3 is 2.37 bits per heavy atom. The number of carbonyl (C=O) groups excluding carboxylic acids is 3. The number of halogens is 1. The van der Waals surface area contributed by atoms with Crippen LogP contribution >= 0.6 is 0 Å². The number of carbonyl (C=O) groups is 3. The minimum Gasteiger partial charge on any atom is -0.368 e. The molecule has 2 fully saturated rings. The molecule has 0 aliphatic carbocycles. The molecule has 2 aliphatic heterocycles. The molecule has 2 aromatic carbocycles. The van der Waals surface area contributed by atoms with Gasteiger partial charge in [-0.15, -0.1) is 0 Å². The normalized spacial score (nSPS) is 16.7. The van der Waals surface area contributed by atoms with E-state index in [0.717, 1.165) is 25.2 Å². The van der Waals surface area contributed by atoms with Crippen LogP contribution < -0.4 is 15.5 Å². The standard InChI is InChI=1S/C29H38FN5O3/c1-29(2,3)20-26(36)34-13-5-12-33(16-17-34)25-9-8-22(28(38)35-14-10-31-11-15-35)19-24(25)32-27(37)21-6-4-7-23(30)18-21/h4,6-9,18-19,31H,5,10-17,20H2,1-3H3,(H,32,37). The zero-order valence-electron chi connectivity index (χ0n) is 22.6. The molecule has 0 radical (unpaired) electrons. The van der Waals surface area contributed by atoms with Crippen LogP contribution in [0.15, 0.2) is 42.5 Å². The number of rotatable bonds is 5. The lowest BCUT2D eigenvalue weighted by atomic mass is 9.91. The Kier molecular flexibility index (Phi) is 8.66. The highest BCUT2D eigenvalue weighted by molar-refractivity contribution is 6.07.